The second-order valence-corrected chi connectivity index (χ2v) is 8.85. The molecule has 5 heteroatoms. The molecule has 0 bridgehead atoms. The minimum Gasteiger partial charge on any atom is -0.461 e. The van der Waals surface area contributed by atoms with Crippen LogP contribution in [0.1, 0.15) is 37.2 Å². The number of sulfonamides is 1. The topological polar surface area (TPSA) is 59.3 Å². The number of furan rings is 1. The lowest BCUT2D eigenvalue weighted by molar-refractivity contribution is 0.438. The van der Waals surface area contributed by atoms with Crippen molar-refractivity contribution < 1.29 is 12.8 Å². The minimum absolute atomic E-state index is 0.276. The summed E-state index contributed by atoms with van der Waals surface area (Å²) < 4.78 is 34.0. The summed E-state index contributed by atoms with van der Waals surface area (Å²) in [6.07, 6.45) is 3.96. The third-order valence-electron chi connectivity index (χ3n) is 5.19. The highest BCUT2D eigenvalue weighted by molar-refractivity contribution is 7.92. The van der Waals surface area contributed by atoms with Crippen LogP contribution in [0.25, 0.3) is 11.0 Å². The van der Waals surface area contributed by atoms with Crippen LogP contribution in [0.15, 0.2) is 51.8 Å². The summed E-state index contributed by atoms with van der Waals surface area (Å²) in [4.78, 5) is 0.276. The highest BCUT2D eigenvalue weighted by Crippen LogP contribution is 2.35. The number of hydrogen-bond donors (Lipinski definition) is 1. The molecule has 2 aromatic carbocycles. The number of anilines is 1. The third kappa shape index (κ3) is 3.12. The zero-order valence-corrected chi connectivity index (χ0v) is 15.9. The average Bonchev–Trinajstić information content (AvgIpc) is 2.99. The summed E-state index contributed by atoms with van der Waals surface area (Å²) in [6.45, 7) is 4.29. The number of fused-ring (bicyclic) bond motifs is 3. The Morgan fingerprint density at radius 1 is 1.15 bits per heavy atom. The van der Waals surface area contributed by atoms with E-state index in [2.05, 4.69) is 11.6 Å². The molecule has 0 spiro atoms. The van der Waals surface area contributed by atoms with Crippen molar-refractivity contribution in [3.8, 4) is 0 Å². The third-order valence-corrected chi connectivity index (χ3v) is 6.58. The van der Waals surface area contributed by atoms with E-state index in [1.165, 1.54) is 5.56 Å². The molecule has 0 saturated carbocycles. The van der Waals surface area contributed by atoms with E-state index in [0.717, 1.165) is 48.0 Å². The Bertz CT molecular complexity index is 1050. The summed E-state index contributed by atoms with van der Waals surface area (Å²) in [7, 11) is -3.60. The van der Waals surface area contributed by atoms with Crippen LogP contribution in [0, 0.1) is 5.92 Å². The molecule has 1 aliphatic rings. The monoisotopic (exact) mass is 369 g/mol. The summed E-state index contributed by atoms with van der Waals surface area (Å²) in [5.74, 6) is 1.67. The van der Waals surface area contributed by atoms with Crippen molar-refractivity contribution in [3.05, 3.63) is 59.4 Å². The van der Waals surface area contributed by atoms with Gasteiger partial charge in [-0.05, 0) is 61.1 Å². The average molecular weight is 369 g/mol. The smallest absolute Gasteiger partial charge is 0.261 e. The molecule has 1 aromatic heterocycles. The molecule has 0 radical (unpaired) electrons. The maximum Gasteiger partial charge on any atom is 0.261 e. The molecule has 26 heavy (non-hydrogen) atoms. The van der Waals surface area contributed by atoms with Crippen molar-refractivity contribution in [1.82, 2.24) is 0 Å². The summed E-state index contributed by atoms with van der Waals surface area (Å²) >= 11 is 0. The van der Waals surface area contributed by atoms with E-state index >= 15 is 0 Å². The first kappa shape index (κ1) is 17.2. The molecule has 3 aromatic rings. The van der Waals surface area contributed by atoms with Crippen LogP contribution in [0.4, 0.5) is 5.69 Å². The van der Waals surface area contributed by atoms with Gasteiger partial charge in [-0.15, -0.1) is 0 Å². The van der Waals surface area contributed by atoms with E-state index in [1.54, 1.807) is 18.2 Å². The summed E-state index contributed by atoms with van der Waals surface area (Å²) in [6, 6.07) is 12.5. The fourth-order valence-corrected chi connectivity index (χ4v) is 4.68. The molecular formula is C21H23NO3S. The summed E-state index contributed by atoms with van der Waals surface area (Å²) in [5, 5.41) is 1.02. The van der Waals surface area contributed by atoms with Gasteiger partial charge in [-0.3, -0.25) is 4.72 Å². The lowest BCUT2D eigenvalue weighted by atomic mass is 9.88. The van der Waals surface area contributed by atoms with E-state index in [9.17, 15) is 8.42 Å². The lowest BCUT2D eigenvalue weighted by Crippen LogP contribution is -2.13. The van der Waals surface area contributed by atoms with Crippen molar-refractivity contribution in [3.63, 3.8) is 0 Å². The van der Waals surface area contributed by atoms with Gasteiger partial charge in [0, 0.05) is 23.1 Å². The highest BCUT2D eigenvalue weighted by Gasteiger charge is 2.22. The van der Waals surface area contributed by atoms with E-state index in [1.807, 2.05) is 31.2 Å². The highest BCUT2D eigenvalue weighted by atomic mass is 32.2. The second kappa shape index (κ2) is 6.47. The zero-order chi connectivity index (χ0) is 18.3. The first-order valence-electron chi connectivity index (χ1n) is 9.12. The largest absolute Gasteiger partial charge is 0.461 e. The van der Waals surface area contributed by atoms with Gasteiger partial charge in [0.25, 0.3) is 10.0 Å². The molecule has 4 nitrogen and oxygen atoms in total. The molecule has 1 aliphatic carbocycles. The molecule has 1 heterocycles. The number of hydrogen-bond acceptors (Lipinski definition) is 3. The Hall–Kier alpha value is -2.27. The van der Waals surface area contributed by atoms with Crippen LogP contribution < -0.4 is 4.72 Å². The normalized spacial score (nSPS) is 17.2. The first-order chi connectivity index (χ1) is 12.5. The first-order valence-corrected chi connectivity index (χ1v) is 10.6. The second-order valence-electron chi connectivity index (χ2n) is 7.17. The van der Waals surface area contributed by atoms with Gasteiger partial charge >= 0.3 is 0 Å². The number of aryl methyl sites for hydroxylation is 2. The Morgan fingerprint density at radius 3 is 2.65 bits per heavy atom. The van der Waals surface area contributed by atoms with E-state index in [4.69, 9.17) is 4.42 Å². The number of benzene rings is 2. The Kier molecular flexibility index (Phi) is 4.27. The van der Waals surface area contributed by atoms with Gasteiger partial charge in [-0.2, -0.15) is 0 Å². The van der Waals surface area contributed by atoms with Crippen LogP contribution in [0.2, 0.25) is 0 Å². The van der Waals surface area contributed by atoms with Gasteiger partial charge in [0.05, 0.1) is 4.90 Å². The van der Waals surface area contributed by atoms with Crippen LogP contribution in [0.3, 0.4) is 0 Å². The Balaban J connectivity index is 1.67. The molecule has 0 saturated heterocycles. The predicted octanol–water partition coefficient (Wildman–Crippen LogP) is 4.92. The maximum absolute atomic E-state index is 12.7. The molecule has 0 amide bonds. The molecule has 1 atom stereocenters. The maximum atomic E-state index is 12.7. The quantitative estimate of drug-likeness (QED) is 0.710. The molecule has 0 aliphatic heterocycles. The molecule has 1 N–H and O–H groups in total. The van der Waals surface area contributed by atoms with Crippen molar-refractivity contribution in [1.29, 1.82) is 0 Å². The molecule has 1 unspecified atom stereocenters. The van der Waals surface area contributed by atoms with E-state index < -0.39 is 10.0 Å². The van der Waals surface area contributed by atoms with Crippen LogP contribution in [0.5, 0.6) is 0 Å². The molecular weight excluding hydrogens is 346 g/mol. The van der Waals surface area contributed by atoms with Gasteiger partial charge in [0.1, 0.15) is 11.3 Å². The lowest BCUT2D eigenvalue weighted by Gasteiger charge is -2.16. The van der Waals surface area contributed by atoms with Gasteiger partial charge < -0.3 is 4.42 Å². The van der Waals surface area contributed by atoms with Crippen LogP contribution in [-0.2, 0) is 29.3 Å². The van der Waals surface area contributed by atoms with Crippen molar-refractivity contribution in [2.75, 3.05) is 4.72 Å². The van der Waals surface area contributed by atoms with E-state index in [-0.39, 0.29) is 4.90 Å². The number of nitrogens with one attached hydrogen (secondary N) is 1. The molecule has 0 fully saturated rings. The van der Waals surface area contributed by atoms with Gasteiger partial charge in [-0.1, -0.05) is 26.0 Å². The van der Waals surface area contributed by atoms with Crippen molar-refractivity contribution in [2.45, 2.75) is 44.4 Å². The van der Waals surface area contributed by atoms with Crippen LogP contribution in [-0.4, -0.2) is 8.42 Å². The molecule has 136 valence electrons. The standard InChI is InChI=1S/C21H23NO3S/c1-3-15-5-8-17(9-6-15)26(23,24)22-16-7-11-21-19(13-16)18-12-14(2)4-10-20(18)25-21/h5-9,11,13-14,22H,3-4,10,12H2,1-2H3. The van der Waals surface area contributed by atoms with Crippen LogP contribution >= 0.6 is 0 Å². The Morgan fingerprint density at radius 2 is 1.92 bits per heavy atom. The Labute approximate surface area is 154 Å². The number of rotatable bonds is 4. The van der Waals surface area contributed by atoms with Crippen molar-refractivity contribution in [2.24, 2.45) is 5.92 Å². The van der Waals surface area contributed by atoms with Gasteiger partial charge in [0.2, 0.25) is 0 Å². The van der Waals surface area contributed by atoms with E-state index in [0.29, 0.717) is 11.6 Å². The SMILES string of the molecule is CCc1ccc(S(=O)(=O)Nc2ccc3oc4c(c3c2)CC(C)CC4)cc1. The van der Waals surface area contributed by atoms with Gasteiger partial charge in [0.15, 0.2) is 0 Å². The summed E-state index contributed by atoms with van der Waals surface area (Å²) in [5.41, 5.74) is 3.75. The fraction of sp³-hybridized carbons (Fsp3) is 0.333. The van der Waals surface area contributed by atoms with Gasteiger partial charge in [-0.25, -0.2) is 8.42 Å². The zero-order valence-electron chi connectivity index (χ0n) is 15.1. The molecule has 4 rings (SSSR count). The fourth-order valence-electron chi connectivity index (χ4n) is 3.63. The predicted molar refractivity (Wildman–Crippen MR) is 104 cm³/mol. The minimum atomic E-state index is -3.60. The van der Waals surface area contributed by atoms with Crippen molar-refractivity contribution >= 4 is 26.7 Å².